The highest BCUT2D eigenvalue weighted by Gasteiger charge is 2.33. The van der Waals surface area contributed by atoms with E-state index in [9.17, 15) is 18.0 Å². The molecule has 116 valence electrons. The van der Waals surface area contributed by atoms with Gasteiger partial charge in [0.25, 0.3) is 0 Å². The van der Waals surface area contributed by atoms with Crippen LogP contribution in [0.15, 0.2) is 18.2 Å². The molecule has 1 N–H and O–H groups in total. The number of anilines is 1. The SMILES string of the molecule is CN1CCC(CC(=O)Nc2ccc(Cl)c(C(F)(F)F)c2)C1. The number of halogens is 4. The van der Waals surface area contributed by atoms with Gasteiger partial charge < -0.3 is 10.2 Å². The second kappa shape index (κ2) is 6.23. The Labute approximate surface area is 126 Å². The van der Waals surface area contributed by atoms with E-state index in [0.29, 0.717) is 6.42 Å². The van der Waals surface area contributed by atoms with Crippen molar-refractivity contribution in [2.24, 2.45) is 5.92 Å². The van der Waals surface area contributed by atoms with E-state index in [1.807, 2.05) is 7.05 Å². The minimum atomic E-state index is -4.54. The largest absolute Gasteiger partial charge is 0.417 e. The number of hydrogen-bond acceptors (Lipinski definition) is 2. The van der Waals surface area contributed by atoms with Crippen LogP contribution in [-0.4, -0.2) is 30.9 Å². The van der Waals surface area contributed by atoms with Gasteiger partial charge in [-0.3, -0.25) is 4.79 Å². The molecule has 1 fully saturated rings. The van der Waals surface area contributed by atoms with E-state index >= 15 is 0 Å². The van der Waals surface area contributed by atoms with E-state index in [-0.39, 0.29) is 22.5 Å². The molecule has 0 spiro atoms. The normalized spacial score (nSPS) is 19.8. The third kappa shape index (κ3) is 4.35. The summed E-state index contributed by atoms with van der Waals surface area (Å²) in [6, 6.07) is 3.38. The maximum Gasteiger partial charge on any atom is 0.417 e. The summed E-state index contributed by atoms with van der Waals surface area (Å²) in [6.45, 7) is 1.78. The van der Waals surface area contributed by atoms with E-state index in [2.05, 4.69) is 10.2 Å². The lowest BCUT2D eigenvalue weighted by molar-refractivity contribution is -0.137. The Kier molecular flexibility index (Phi) is 4.78. The first kappa shape index (κ1) is 16.1. The van der Waals surface area contributed by atoms with Crippen molar-refractivity contribution in [1.82, 2.24) is 4.90 Å². The van der Waals surface area contributed by atoms with Crippen molar-refractivity contribution in [1.29, 1.82) is 0 Å². The standard InChI is InChI=1S/C14H16ClF3N2O/c1-20-5-4-9(8-20)6-13(21)19-10-2-3-12(15)11(7-10)14(16,17)18/h2-3,7,9H,4-6,8H2,1H3,(H,19,21). The number of alkyl halides is 3. The van der Waals surface area contributed by atoms with Crippen molar-refractivity contribution in [2.45, 2.75) is 19.0 Å². The summed E-state index contributed by atoms with van der Waals surface area (Å²) in [5.41, 5.74) is -0.828. The highest BCUT2D eigenvalue weighted by molar-refractivity contribution is 6.31. The molecule has 1 aromatic carbocycles. The van der Waals surface area contributed by atoms with Crippen LogP contribution in [0.3, 0.4) is 0 Å². The van der Waals surface area contributed by atoms with Crippen LogP contribution in [0, 0.1) is 5.92 Å². The molecule has 21 heavy (non-hydrogen) atoms. The van der Waals surface area contributed by atoms with E-state index in [1.165, 1.54) is 6.07 Å². The molecule has 2 rings (SSSR count). The number of carbonyl (C=O) groups is 1. The fraction of sp³-hybridized carbons (Fsp3) is 0.500. The Morgan fingerprint density at radius 2 is 2.19 bits per heavy atom. The molecule has 1 aromatic rings. The van der Waals surface area contributed by atoms with Crippen LogP contribution < -0.4 is 5.32 Å². The first-order chi connectivity index (χ1) is 9.75. The van der Waals surface area contributed by atoms with Crippen molar-refractivity contribution < 1.29 is 18.0 Å². The minimum absolute atomic E-state index is 0.114. The maximum absolute atomic E-state index is 12.7. The Hall–Kier alpha value is -1.27. The summed E-state index contributed by atoms with van der Waals surface area (Å²) in [5.74, 6) is -0.0184. The van der Waals surface area contributed by atoms with Crippen LogP contribution >= 0.6 is 11.6 Å². The van der Waals surface area contributed by atoms with Gasteiger partial charge >= 0.3 is 6.18 Å². The Bertz CT molecular complexity index is 533. The average Bonchev–Trinajstić information content (AvgIpc) is 2.75. The van der Waals surface area contributed by atoms with Crippen LogP contribution in [0.4, 0.5) is 18.9 Å². The predicted molar refractivity (Wildman–Crippen MR) is 75.3 cm³/mol. The summed E-state index contributed by atoms with van der Waals surface area (Å²) in [5, 5.41) is 2.13. The first-order valence-corrected chi connectivity index (χ1v) is 6.98. The number of carbonyl (C=O) groups excluding carboxylic acids is 1. The van der Waals surface area contributed by atoms with Gasteiger partial charge in [-0.2, -0.15) is 13.2 Å². The summed E-state index contributed by atoms with van der Waals surface area (Å²) in [6.07, 6.45) is -3.29. The van der Waals surface area contributed by atoms with Crippen molar-refractivity contribution in [2.75, 3.05) is 25.5 Å². The highest BCUT2D eigenvalue weighted by atomic mass is 35.5. The molecule has 1 amide bonds. The van der Waals surface area contributed by atoms with Crippen molar-refractivity contribution in [3.8, 4) is 0 Å². The fourth-order valence-electron chi connectivity index (χ4n) is 2.49. The van der Waals surface area contributed by atoms with Gasteiger partial charge in [0.2, 0.25) is 5.91 Å². The number of rotatable bonds is 3. The smallest absolute Gasteiger partial charge is 0.326 e. The molecular weight excluding hydrogens is 305 g/mol. The van der Waals surface area contributed by atoms with Crippen molar-refractivity contribution >= 4 is 23.2 Å². The number of nitrogens with one attached hydrogen (secondary N) is 1. The van der Waals surface area contributed by atoms with Gasteiger partial charge in [-0.1, -0.05) is 11.6 Å². The summed E-state index contributed by atoms with van der Waals surface area (Å²) < 4.78 is 38.2. The number of nitrogens with zero attached hydrogens (tertiary/aromatic N) is 1. The second-order valence-electron chi connectivity index (χ2n) is 5.36. The zero-order valence-corrected chi connectivity index (χ0v) is 12.3. The lowest BCUT2D eigenvalue weighted by Gasteiger charge is -2.13. The number of hydrogen-bond donors (Lipinski definition) is 1. The summed E-state index contributed by atoms with van der Waals surface area (Å²) in [4.78, 5) is 14.0. The Balaban J connectivity index is 2.01. The summed E-state index contributed by atoms with van der Waals surface area (Å²) in [7, 11) is 1.98. The van der Waals surface area contributed by atoms with Gasteiger partial charge in [-0.25, -0.2) is 0 Å². The molecule has 1 unspecified atom stereocenters. The maximum atomic E-state index is 12.7. The van der Waals surface area contributed by atoms with Crippen LogP contribution in [0.2, 0.25) is 5.02 Å². The molecule has 1 saturated heterocycles. The van der Waals surface area contributed by atoms with Crippen molar-refractivity contribution in [3.63, 3.8) is 0 Å². The quantitative estimate of drug-likeness (QED) is 0.922. The van der Waals surface area contributed by atoms with Gasteiger partial charge in [0.15, 0.2) is 0 Å². The molecule has 7 heteroatoms. The second-order valence-corrected chi connectivity index (χ2v) is 5.77. The van der Waals surface area contributed by atoms with Crippen LogP contribution in [-0.2, 0) is 11.0 Å². The van der Waals surface area contributed by atoms with E-state index < -0.39 is 11.7 Å². The molecule has 0 aliphatic carbocycles. The first-order valence-electron chi connectivity index (χ1n) is 6.61. The summed E-state index contributed by atoms with van der Waals surface area (Å²) >= 11 is 5.53. The third-order valence-corrected chi connectivity index (χ3v) is 3.85. The van der Waals surface area contributed by atoms with Crippen molar-refractivity contribution in [3.05, 3.63) is 28.8 Å². The van der Waals surface area contributed by atoms with Crippen LogP contribution in [0.5, 0.6) is 0 Å². The lowest BCUT2D eigenvalue weighted by atomic mass is 10.0. The topological polar surface area (TPSA) is 32.3 Å². The molecule has 0 saturated carbocycles. The molecular formula is C14H16ClF3N2O. The van der Waals surface area contributed by atoms with Gasteiger partial charge in [-0.15, -0.1) is 0 Å². The molecule has 1 heterocycles. The molecule has 0 bridgehead atoms. The monoisotopic (exact) mass is 320 g/mol. The Morgan fingerprint density at radius 1 is 1.48 bits per heavy atom. The highest BCUT2D eigenvalue weighted by Crippen LogP contribution is 2.36. The van der Waals surface area contributed by atoms with E-state index in [1.54, 1.807) is 0 Å². The molecule has 1 aliphatic rings. The average molecular weight is 321 g/mol. The van der Waals surface area contributed by atoms with Gasteiger partial charge in [0, 0.05) is 18.7 Å². The molecule has 1 atom stereocenters. The van der Waals surface area contributed by atoms with Gasteiger partial charge in [0.1, 0.15) is 0 Å². The molecule has 0 aromatic heterocycles. The van der Waals surface area contributed by atoms with Crippen LogP contribution in [0.1, 0.15) is 18.4 Å². The predicted octanol–water partition coefficient (Wildman–Crippen LogP) is 3.64. The molecule has 3 nitrogen and oxygen atoms in total. The molecule has 1 aliphatic heterocycles. The third-order valence-electron chi connectivity index (χ3n) is 3.52. The van der Waals surface area contributed by atoms with Gasteiger partial charge in [-0.05, 0) is 44.1 Å². The lowest BCUT2D eigenvalue weighted by Crippen LogP contribution is -2.19. The fourth-order valence-corrected chi connectivity index (χ4v) is 2.71. The number of amides is 1. The zero-order valence-electron chi connectivity index (χ0n) is 11.5. The minimum Gasteiger partial charge on any atom is -0.326 e. The number of likely N-dealkylation sites (tertiary alicyclic amines) is 1. The number of benzene rings is 1. The van der Waals surface area contributed by atoms with Gasteiger partial charge in [0.05, 0.1) is 10.6 Å². The van der Waals surface area contributed by atoms with E-state index in [0.717, 1.165) is 31.6 Å². The van der Waals surface area contributed by atoms with E-state index in [4.69, 9.17) is 11.6 Å². The Morgan fingerprint density at radius 3 is 2.76 bits per heavy atom. The molecule has 0 radical (unpaired) electrons. The zero-order chi connectivity index (χ0) is 15.6. The van der Waals surface area contributed by atoms with Crippen LogP contribution in [0.25, 0.3) is 0 Å².